The smallest absolute Gasteiger partial charge is 0.338 e. The number of ether oxygens (including phenoxy) is 8. The number of halogens is 8. The van der Waals surface area contributed by atoms with Gasteiger partial charge in [-0.15, -0.1) is 45.3 Å². The van der Waals surface area contributed by atoms with Crippen molar-refractivity contribution in [1.29, 1.82) is 0 Å². The Kier molecular flexibility index (Phi) is 40.9. The zero-order valence-electron chi connectivity index (χ0n) is 76.9. The van der Waals surface area contributed by atoms with Gasteiger partial charge >= 0.3 is 47.8 Å². The van der Waals surface area contributed by atoms with Crippen LogP contribution in [-0.2, 0) is 76.3 Å². The van der Waals surface area contributed by atoms with Crippen LogP contribution in [0, 0.1) is 0 Å². The van der Waals surface area contributed by atoms with Crippen molar-refractivity contribution in [2.75, 3.05) is 132 Å². The maximum Gasteiger partial charge on any atom is 0.338 e. The van der Waals surface area contributed by atoms with E-state index in [0.717, 1.165) is 0 Å². The van der Waals surface area contributed by atoms with Gasteiger partial charge in [-0.05, 0) is 88.1 Å². The number of aliphatic imine (C=N–C) groups is 4. The number of hydrogen-bond acceptors (Lipinski definition) is 36. The summed E-state index contributed by atoms with van der Waals surface area (Å²) < 4.78 is 44.2. The number of methoxy groups -OCH3 is 2. The number of thiazole rings is 4. The Hall–Kier alpha value is -10.0. The molecular weight excluding hydrogens is 2090 g/mol. The van der Waals surface area contributed by atoms with Gasteiger partial charge in [0.05, 0.1) is 101 Å². The highest BCUT2D eigenvalue weighted by Crippen LogP contribution is 2.44. The molecule has 0 unspecified atom stereocenters. The lowest BCUT2D eigenvalue weighted by atomic mass is 9.95. The molecule has 4 aromatic carbocycles. The van der Waals surface area contributed by atoms with Crippen molar-refractivity contribution in [2.45, 2.75) is 114 Å². The van der Waals surface area contributed by atoms with E-state index in [1.54, 1.807) is 111 Å². The second kappa shape index (κ2) is 53.2. The maximum absolute atomic E-state index is 13.3. The molecule has 8 aliphatic rings. The van der Waals surface area contributed by atoms with Crippen molar-refractivity contribution in [3.05, 3.63) is 247 Å². The van der Waals surface area contributed by atoms with E-state index in [-0.39, 0.29) is 63.3 Å². The molecule has 0 saturated carbocycles. The van der Waals surface area contributed by atoms with Gasteiger partial charge in [-0.1, -0.05) is 117 Å². The number of nitrogens with one attached hydrogen (secondary N) is 4. The molecule has 8 atom stereocenters. The third kappa shape index (κ3) is 30.1. The Morgan fingerprint density at radius 3 is 0.775 bits per heavy atom. The molecule has 0 bridgehead atoms. The first-order valence-corrected chi connectivity index (χ1v) is 51.4. The molecule has 4 fully saturated rings. The summed E-state index contributed by atoms with van der Waals surface area (Å²) in [5.41, 5.74) is 6.36. The Morgan fingerprint density at radius 1 is 0.359 bits per heavy atom. The highest BCUT2D eigenvalue weighted by atomic mass is 35.5. The molecule has 0 spiro atoms. The zero-order chi connectivity index (χ0) is 101. The average Bonchev–Trinajstić information content (AvgIpc) is 1.78. The molecule has 36 nitrogen and oxygen atoms in total. The normalized spacial score (nSPS) is 20.7. The van der Waals surface area contributed by atoms with Crippen LogP contribution in [0.4, 0.5) is 0 Å². The number of carbonyl (C=O) groups is 8. The fraction of sp³-hybridized carbons (Fsp3) is 0.404. The summed E-state index contributed by atoms with van der Waals surface area (Å²) in [6.45, 7) is 11.9. The SMILES string of the molecule is CCOC(=O)C1=C(CN2CCO[C@@H](CCC(=O)O)C2)NC(c2nccs2)=N[C@H]1c1ccc(Cl)cc1Cl.CCOC(=O)C1=C(CN2CCO[C@H](CCC(=O)O)C2)NC(c2nccs2)=N[C@H]1c1ccc(Cl)cc1Cl.COC(=O)C1=C(CN2CCO[C@@H](CCC(=O)O)C2)NC(c2nccs2)=N[C@H]1c1ccc(Cl)cc1Cl.COC(=O)C1=C(CN2CCO[C@H](CCC(=O)O)C2)NC(c2nccs2)=N[C@H]1c1ccc(Cl)cc1Cl. The van der Waals surface area contributed by atoms with Crippen molar-refractivity contribution in [3.8, 4) is 0 Å². The average molecular weight is 2190 g/mol. The molecule has 12 heterocycles. The quantitative estimate of drug-likeness (QED) is 0.0137. The van der Waals surface area contributed by atoms with Crippen LogP contribution < -0.4 is 21.3 Å². The Bertz CT molecular complexity index is 5740. The number of rotatable bonds is 34. The van der Waals surface area contributed by atoms with Gasteiger partial charge in [0.25, 0.3) is 0 Å². The van der Waals surface area contributed by atoms with Crippen molar-refractivity contribution < 1.29 is 96.7 Å². The summed E-state index contributed by atoms with van der Waals surface area (Å²) in [5, 5.41) is 62.8. The number of aliphatic carboxylic acids is 4. The Morgan fingerprint density at radius 2 is 0.585 bits per heavy atom. The summed E-state index contributed by atoms with van der Waals surface area (Å²) in [6.07, 6.45) is 7.69. The van der Waals surface area contributed by atoms with E-state index in [4.69, 9.17) is 171 Å². The van der Waals surface area contributed by atoms with E-state index in [0.29, 0.717) is 282 Å². The van der Waals surface area contributed by atoms with E-state index in [9.17, 15) is 38.4 Å². The molecule has 8 aromatic rings. The van der Waals surface area contributed by atoms with Crippen molar-refractivity contribution >= 4 is 209 Å². The van der Waals surface area contributed by atoms with Gasteiger partial charge in [-0.2, -0.15) is 0 Å². The second-order valence-corrected chi connectivity index (χ2v) is 39.6. The number of hydrogen-bond donors (Lipinski definition) is 8. The summed E-state index contributed by atoms with van der Waals surface area (Å²) in [6, 6.07) is 17.4. The first-order valence-electron chi connectivity index (χ1n) is 44.9. The van der Waals surface area contributed by atoms with Gasteiger partial charge in [-0.25, -0.2) is 39.1 Å². The maximum atomic E-state index is 13.3. The predicted octanol–water partition coefficient (Wildman–Crippen LogP) is 14.9. The number of carboxylic acids is 4. The minimum atomic E-state index is -0.859. The molecular formula is C94H100Cl8N16O20S4. The topological polar surface area (TPSA) is 453 Å². The van der Waals surface area contributed by atoms with E-state index in [1.807, 2.05) is 21.5 Å². The fourth-order valence-corrected chi connectivity index (χ4v) is 20.9. The molecule has 0 radical (unpaired) electrons. The minimum Gasteiger partial charge on any atom is -0.481 e. The van der Waals surface area contributed by atoms with Crippen LogP contribution in [0.25, 0.3) is 0 Å². The lowest BCUT2D eigenvalue weighted by Gasteiger charge is -2.35. The van der Waals surface area contributed by atoms with Gasteiger partial charge in [0.2, 0.25) is 0 Å². The number of esters is 4. The van der Waals surface area contributed by atoms with E-state index < -0.39 is 71.9 Å². The zero-order valence-corrected chi connectivity index (χ0v) is 86.2. The van der Waals surface area contributed by atoms with E-state index >= 15 is 0 Å². The van der Waals surface area contributed by atoms with E-state index in [2.05, 4.69) is 60.8 Å². The van der Waals surface area contributed by atoms with Gasteiger partial charge in [0, 0.05) is 236 Å². The lowest BCUT2D eigenvalue weighted by Crippen LogP contribution is -2.46. The molecule has 8 N–H and O–H groups in total. The lowest BCUT2D eigenvalue weighted by molar-refractivity contribution is -0.140. The summed E-state index contributed by atoms with van der Waals surface area (Å²) in [7, 11) is 2.65. The number of benzene rings is 4. The van der Waals surface area contributed by atoms with Crippen LogP contribution in [0.15, 0.2) is 184 Å². The summed E-state index contributed by atoms with van der Waals surface area (Å²) in [4.78, 5) is 142. The van der Waals surface area contributed by atoms with Crippen molar-refractivity contribution in [1.82, 2.24) is 60.8 Å². The number of amidine groups is 4. The van der Waals surface area contributed by atoms with Crippen LogP contribution in [0.2, 0.25) is 40.2 Å². The molecule has 48 heteroatoms. The van der Waals surface area contributed by atoms with Gasteiger partial charge in [0.15, 0.2) is 43.4 Å². The first-order chi connectivity index (χ1) is 68.4. The molecule has 4 saturated heterocycles. The molecule has 0 aliphatic carbocycles. The van der Waals surface area contributed by atoms with Crippen LogP contribution in [0.1, 0.15) is 132 Å². The number of morpholine rings is 4. The molecule has 142 heavy (non-hydrogen) atoms. The molecule has 0 amide bonds. The molecule has 16 rings (SSSR count). The highest BCUT2D eigenvalue weighted by molar-refractivity contribution is 7.12. The van der Waals surface area contributed by atoms with Crippen LogP contribution in [-0.4, -0.2) is 288 Å². The standard InChI is InChI=1S/2C24H26Cl2N4O5S.2C23H24Cl2N4O5S/c2*1-2-34-24(33)20-18(13-30-8-9-35-15(12-30)4-6-19(31)32)28-22(23-27-7-10-36-23)29-21(20)16-5-3-14(25)11-17(16)26;2*1-33-23(32)19-17(12-29-7-8-34-14(11-29)3-5-18(30)31)27-21(22-26-6-9-35-22)28-20(19)15-4-2-13(24)10-16(15)25/h2*3,5,7,10-11,15,21H,2,4,6,8-9,12-13H2,1H3,(H,28,29)(H,31,32);2*2,4,6,9-10,14,20H,3,5,7-8,11-12H2,1H3,(H,27,28)(H,30,31)/t15-,21+;15-,21-;14-,20+;14-,20-/m1010/s1. The van der Waals surface area contributed by atoms with Gasteiger partial charge in [0.1, 0.15) is 24.2 Å². The third-order valence-electron chi connectivity index (χ3n) is 23.0. The van der Waals surface area contributed by atoms with Crippen LogP contribution in [0.3, 0.4) is 0 Å². The highest BCUT2D eigenvalue weighted by Gasteiger charge is 2.42. The Balaban J connectivity index is 0.000000159. The third-order valence-corrected chi connectivity index (χ3v) is 28.4. The van der Waals surface area contributed by atoms with Gasteiger partial charge in [-0.3, -0.25) is 58.7 Å². The number of carboxylic acid groups (broad SMARTS) is 4. The number of nitrogens with zero attached hydrogens (tertiary/aromatic N) is 12. The molecule has 8 aliphatic heterocycles. The minimum absolute atomic E-state index is 0.0326. The van der Waals surface area contributed by atoms with Gasteiger partial charge < -0.3 is 79.6 Å². The second-order valence-electron chi connectivity index (χ2n) is 32.7. The summed E-state index contributed by atoms with van der Waals surface area (Å²) in [5.74, 6) is -3.37. The number of carbonyl (C=O) groups excluding carboxylic acids is 4. The largest absolute Gasteiger partial charge is 0.481 e. The summed E-state index contributed by atoms with van der Waals surface area (Å²) >= 11 is 56.4. The monoisotopic (exact) mass is 2180 g/mol. The van der Waals surface area contributed by atoms with Crippen molar-refractivity contribution in [3.63, 3.8) is 0 Å². The molecule has 756 valence electrons. The molecule has 4 aromatic heterocycles. The first kappa shape index (κ1) is 109. The van der Waals surface area contributed by atoms with E-state index in [1.165, 1.54) is 59.6 Å². The predicted molar refractivity (Wildman–Crippen MR) is 542 cm³/mol. The fourth-order valence-electron chi connectivity index (χ4n) is 16.5. The van der Waals surface area contributed by atoms with Crippen LogP contribution in [0.5, 0.6) is 0 Å². The van der Waals surface area contributed by atoms with Crippen molar-refractivity contribution in [2.24, 2.45) is 20.0 Å². The number of aromatic nitrogens is 4. The van der Waals surface area contributed by atoms with Crippen LogP contribution >= 0.6 is 138 Å². The Labute approximate surface area is 872 Å².